The zero-order chi connectivity index (χ0) is 16.2. The van der Waals surface area contributed by atoms with Crippen molar-refractivity contribution in [2.24, 2.45) is 0 Å². The van der Waals surface area contributed by atoms with Gasteiger partial charge in [-0.3, -0.25) is 4.79 Å². The van der Waals surface area contributed by atoms with E-state index >= 15 is 0 Å². The predicted octanol–water partition coefficient (Wildman–Crippen LogP) is 4.28. The van der Waals surface area contributed by atoms with Crippen LogP contribution in [0.15, 0.2) is 54.6 Å². The molecular weight excluding hydrogens is 286 g/mol. The van der Waals surface area contributed by atoms with E-state index in [1.807, 2.05) is 48.5 Å². The molecule has 0 bridgehead atoms. The Kier molecular flexibility index (Phi) is 4.03. The highest BCUT2D eigenvalue weighted by Gasteiger charge is 2.10. The molecule has 0 saturated carbocycles. The number of hydrogen-bond acceptors (Lipinski definition) is 2. The third kappa shape index (κ3) is 3.04. The van der Waals surface area contributed by atoms with Crippen molar-refractivity contribution in [2.45, 2.75) is 13.5 Å². The Hall–Kier alpha value is -3.19. The van der Waals surface area contributed by atoms with E-state index in [1.165, 1.54) is 6.92 Å². The summed E-state index contributed by atoms with van der Waals surface area (Å²) in [7, 11) is 0. The second-order valence-electron chi connectivity index (χ2n) is 5.22. The van der Waals surface area contributed by atoms with Gasteiger partial charge < -0.3 is 10.2 Å². The van der Waals surface area contributed by atoms with Crippen LogP contribution in [-0.2, 0) is 11.3 Å². The molecule has 1 heterocycles. The molecular formula is C19H15N3O. The molecule has 0 unspecified atom stereocenters. The number of carbonyl (C=O) groups is 1. The number of amides is 1. The van der Waals surface area contributed by atoms with Gasteiger partial charge in [0.1, 0.15) is 5.82 Å². The lowest BCUT2D eigenvalue weighted by atomic mass is 9.97. The van der Waals surface area contributed by atoms with Crippen LogP contribution in [-0.4, -0.2) is 10.9 Å². The molecule has 0 fully saturated rings. The molecule has 0 aliphatic carbocycles. The van der Waals surface area contributed by atoms with Gasteiger partial charge in [0.2, 0.25) is 12.5 Å². The van der Waals surface area contributed by atoms with Crippen LogP contribution in [0.1, 0.15) is 12.5 Å². The maximum absolute atomic E-state index is 11.2. The van der Waals surface area contributed by atoms with Gasteiger partial charge in [-0.2, -0.15) is 0 Å². The van der Waals surface area contributed by atoms with E-state index < -0.39 is 0 Å². The summed E-state index contributed by atoms with van der Waals surface area (Å²) in [5.74, 6) is 0.385. The molecule has 0 atom stereocenters. The quantitative estimate of drug-likeness (QED) is 0.734. The minimum Gasteiger partial charge on any atom is -0.312 e. The third-order valence-corrected chi connectivity index (χ3v) is 3.59. The van der Waals surface area contributed by atoms with Crippen LogP contribution in [0.2, 0.25) is 0 Å². The molecule has 4 heteroatoms. The first-order valence-electron chi connectivity index (χ1n) is 7.28. The number of nitrogens with one attached hydrogen (secondary N) is 1. The average molecular weight is 301 g/mol. The Morgan fingerprint density at radius 3 is 2.61 bits per heavy atom. The lowest BCUT2D eigenvalue weighted by molar-refractivity contribution is -0.114. The SMILES string of the molecule is [C-]#[N+]Cc1ccc(-c2cccc(NC(C)=O)n2)c2ccccc12. The number of anilines is 1. The summed E-state index contributed by atoms with van der Waals surface area (Å²) >= 11 is 0. The van der Waals surface area contributed by atoms with Gasteiger partial charge in [0.05, 0.1) is 5.69 Å². The fourth-order valence-electron chi connectivity index (χ4n) is 2.64. The van der Waals surface area contributed by atoms with Crippen molar-refractivity contribution in [2.75, 3.05) is 5.32 Å². The summed E-state index contributed by atoms with van der Waals surface area (Å²) in [4.78, 5) is 19.2. The van der Waals surface area contributed by atoms with Gasteiger partial charge in [0.25, 0.3) is 0 Å². The first-order chi connectivity index (χ1) is 11.2. The van der Waals surface area contributed by atoms with Crippen molar-refractivity contribution < 1.29 is 4.79 Å². The van der Waals surface area contributed by atoms with Gasteiger partial charge in [-0.05, 0) is 22.9 Å². The minimum atomic E-state index is -0.146. The van der Waals surface area contributed by atoms with Crippen LogP contribution in [0.4, 0.5) is 5.82 Å². The van der Waals surface area contributed by atoms with Crippen molar-refractivity contribution in [3.63, 3.8) is 0 Å². The fraction of sp³-hybridized carbons (Fsp3) is 0.105. The van der Waals surface area contributed by atoms with Crippen molar-refractivity contribution in [1.29, 1.82) is 0 Å². The van der Waals surface area contributed by atoms with Crippen LogP contribution in [0, 0.1) is 6.57 Å². The molecule has 1 amide bonds. The van der Waals surface area contributed by atoms with Gasteiger partial charge in [-0.25, -0.2) is 11.6 Å². The monoisotopic (exact) mass is 301 g/mol. The zero-order valence-electron chi connectivity index (χ0n) is 12.7. The Labute approximate surface area is 134 Å². The zero-order valence-corrected chi connectivity index (χ0v) is 12.7. The molecule has 4 nitrogen and oxygen atoms in total. The smallest absolute Gasteiger partial charge is 0.240 e. The Morgan fingerprint density at radius 1 is 1.09 bits per heavy atom. The summed E-state index contributed by atoms with van der Waals surface area (Å²) in [5.41, 5.74) is 2.79. The number of benzene rings is 2. The first-order valence-corrected chi connectivity index (χ1v) is 7.28. The molecule has 2 aromatic carbocycles. The lowest BCUT2D eigenvalue weighted by Crippen LogP contribution is -2.07. The molecule has 0 saturated heterocycles. The Morgan fingerprint density at radius 2 is 1.87 bits per heavy atom. The highest BCUT2D eigenvalue weighted by atomic mass is 16.1. The second kappa shape index (κ2) is 6.29. The molecule has 1 N–H and O–H groups in total. The lowest BCUT2D eigenvalue weighted by Gasteiger charge is -2.10. The summed E-state index contributed by atoms with van der Waals surface area (Å²) in [6, 6.07) is 17.5. The highest BCUT2D eigenvalue weighted by molar-refractivity contribution is 5.98. The van der Waals surface area contributed by atoms with Crippen LogP contribution in [0.25, 0.3) is 26.9 Å². The fourth-order valence-corrected chi connectivity index (χ4v) is 2.64. The number of rotatable bonds is 3. The first kappa shape index (κ1) is 14.7. The van der Waals surface area contributed by atoms with Gasteiger partial charge in [-0.15, -0.1) is 0 Å². The van der Waals surface area contributed by atoms with Crippen LogP contribution >= 0.6 is 0 Å². The van der Waals surface area contributed by atoms with Gasteiger partial charge in [0.15, 0.2) is 0 Å². The summed E-state index contributed by atoms with van der Waals surface area (Å²) in [6.45, 7) is 8.92. The largest absolute Gasteiger partial charge is 0.312 e. The van der Waals surface area contributed by atoms with E-state index in [2.05, 4.69) is 15.1 Å². The standard InChI is InChI=1S/C19H15N3O/c1-13(23)21-19-9-5-8-18(22-19)17-11-10-14(12-20-2)15-6-3-4-7-16(15)17/h3-11H,12H2,1H3,(H,21,22,23). The van der Waals surface area contributed by atoms with Crippen molar-refractivity contribution in [3.8, 4) is 11.3 Å². The normalized spacial score (nSPS) is 10.3. The topological polar surface area (TPSA) is 46.4 Å². The van der Waals surface area contributed by atoms with Crippen molar-refractivity contribution >= 4 is 22.5 Å². The van der Waals surface area contributed by atoms with E-state index in [0.717, 1.165) is 27.6 Å². The molecule has 112 valence electrons. The van der Waals surface area contributed by atoms with Crippen LogP contribution < -0.4 is 5.32 Å². The minimum absolute atomic E-state index is 0.146. The third-order valence-electron chi connectivity index (χ3n) is 3.59. The van der Waals surface area contributed by atoms with E-state index in [9.17, 15) is 4.79 Å². The predicted molar refractivity (Wildman–Crippen MR) is 91.8 cm³/mol. The van der Waals surface area contributed by atoms with Gasteiger partial charge >= 0.3 is 0 Å². The summed E-state index contributed by atoms with van der Waals surface area (Å²) in [6.07, 6.45) is 0. The number of nitrogens with zero attached hydrogens (tertiary/aromatic N) is 2. The van der Waals surface area contributed by atoms with Crippen LogP contribution in [0.5, 0.6) is 0 Å². The van der Waals surface area contributed by atoms with E-state index in [1.54, 1.807) is 6.07 Å². The number of pyridine rings is 1. The molecule has 0 spiro atoms. The molecule has 3 rings (SSSR count). The number of fused-ring (bicyclic) bond motifs is 1. The summed E-state index contributed by atoms with van der Waals surface area (Å²) < 4.78 is 0. The Balaban J connectivity index is 2.16. The van der Waals surface area contributed by atoms with E-state index in [4.69, 9.17) is 6.57 Å². The average Bonchev–Trinajstić information content (AvgIpc) is 2.55. The van der Waals surface area contributed by atoms with Gasteiger partial charge in [-0.1, -0.05) is 42.5 Å². The molecule has 1 aromatic heterocycles. The maximum atomic E-state index is 11.2. The maximum Gasteiger partial charge on any atom is 0.240 e. The second-order valence-corrected chi connectivity index (χ2v) is 5.22. The van der Waals surface area contributed by atoms with Gasteiger partial charge in [0, 0.05) is 18.1 Å². The van der Waals surface area contributed by atoms with E-state index in [-0.39, 0.29) is 5.91 Å². The molecule has 3 aromatic rings. The summed E-state index contributed by atoms with van der Waals surface area (Å²) in [5, 5.41) is 4.82. The Bertz CT molecular complexity index is 925. The molecule has 23 heavy (non-hydrogen) atoms. The highest BCUT2D eigenvalue weighted by Crippen LogP contribution is 2.30. The number of hydrogen-bond donors (Lipinski definition) is 1. The van der Waals surface area contributed by atoms with Crippen molar-refractivity contribution in [3.05, 3.63) is 71.6 Å². The number of aromatic nitrogens is 1. The molecule has 0 aliphatic rings. The molecule has 0 radical (unpaired) electrons. The van der Waals surface area contributed by atoms with E-state index in [0.29, 0.717) is 12.4 Å². The van der Waals surface area contributed by atoms with Crippen molar-refractivity contribution in [1.82, 2.24) is 4.98 Å². The molecule has 0 aliphatic heterocycles. The van der Waals surface area contributed by atoms with Crippen LogP contribution in [0.3, 0.4) is 0 Å². The number of carbonyl (C=O) groups excluding carboxylic acids is 1.